The van der Waals surface area contributed by atoms with Crippen LogP contribution in [0, 0.1) is 0 Å². The van der Waals surface area contributed by atoms with E-state index in [0.717, 1.165) is 22.1 Å². The number of hydrogen-bond acceptors (Lipinski definition) is 5. The molecule has 0 fully saturated rings. The molecule has 7 heteroatoms. The average Bonchev–Trinajstić information content (AvgIpc) is 2.52. The van der Waals surface area contributed by atoms with Crippen molar-refractivity contribution in [2.75, 3.05) is 32.6 Å². The molecule has 1 aliphatic rings. The van der Waals surface area contributed by atoms with Gasteiger partial charge in [-0.25, -0.2) is 0 Å². The number of nitrogens with one attached hydrogen (secondary N) is 2. The molecule has 0 aliphatic carbocycles. The van der Waals surface area contributed by atoms with Crippen LogP contribution in [-0.2, 0) is 4.79 Å². The van der Waals surface area contributed by atoms with Gasteiger partial charge in [0.2, 0.25) is 5.91 Å². The minimum Gasteiger partial charge on any atom is -0.486 e. The van der Waals surface area contributed by atoms with Crippen molar-refractivity contribution in [2.24, 2.45) is 0 Å². The normalized spacial score (nSPS) is 13.9. The molecule has 2 rings (SSSR count). The van der Waals surface area contributed by atoms with Gasteiger partial charge in [0.1, 0.15) is 13.2 Å². The van der Waals surface area contributed by atoms with Crippen LogP contribution in [0.5, 0.6) is 11.5 Å². The summed E-state index contributed by atoms with van der Waals surface area (Å²) in [4.78, 5) is 12.8. The molecule has 1 atom stereocenters. The fraction of sp³-hybridized carbons (Fsp3) is 0.533. The van der Waals surface area contributed by atoms with Crippen LogP contribution >= 0.6 is 24.2 Å². The van der Waals surface area contributed by atoms with Gasteiger partial charge in [-0.1, -0.05) is 0 Å². The first-order valence-electron chi connectivity index (χ1n) is 7.15. The highest BCUT2D eigenvalue weighted by molar-refractivity contribution is 7.99. The highest BCUT2D eigenvalue weighted by Crippen LogP contribution is 2.34. The molecule has 0 saturated heterocycles. The van der Waals surface area contributed by atoms with E-state index < -0.39 is 0 Å². The largest absolute Gasteiger partial charge is 0.486 e. The maximum absolute atomic E-state index is 11.7. The Kier molecular flexibility index (Phi) is 8.45. The third-order valence-electron chi connectivity index (χ3n) is 3.21. The predicted molar refractivity (Wildman–Crippen MR) is 91.6 cm³/mol. The molecule has 1 aliphatic heterocycles. The average molecular weight is 347 g/mol. The van der Waals surface area contributed by atoms with Gasteiger partial charge in [0.25, 0.3) is 0 Å². The Balaban J connectivity index is 0.00000242. The Bertz CT molecular complexity index is 488. The van der Waals surface area contributed by atoms with Gasteiger partial charge in [0.15, 0.2) is 11.5 Å². The number of halogens is 1. The molecule has 1 aromatic rings. The number of amides is 1. The predicted octanol–water partition coefficient (Wildman–Crippen LogP) is 2.09. The molecule has 0 saturated carbocycles. The summed E-state index contributed by atoms with van der Waals surface area (Å²) >= 11 is 1.65. The molecule has 1 unspecified atom stereocenters. The van der Waals surface area contributed by atoms with Crippen molar-refractivity contribution in [3.05, 3.63) is 18.2 Å². The highest BCUT2D eigenvalue weighted by Gasteiger charge is 2.12. The van der Waals surface area contributed by atoms with E-state index in [0.29, 0.717) is 32.2 Å². The first kappa shape index (κ1) is 18.9. The molecule has 0 radical (unpaired) electrons. The third-order valence-corrected chi connectivity index (χ3v) is 4.21. The summed E-state index contributed by atoms with van der Waals surface area (Å²) in [6, 6.07) is 6.18. The second-order valence-electron chi connectivity index (χ2n) is 4.90. The van der Waals surface area contributed by atoms with Gasteiger partial charge in [-0.05, 0) is 32.2 Å². The van der Waals surface area contributed by atoms with Crippen LogP contribution in [0.4, 0.5) is 0 Å². The fourth-order valence-corrected chi connectivity index (χ4v) is 2.71. The van der Waals surface area contributed by atoms with Crippen molar-refractivity contribution < 1.29 is 14.3 Å². The molecule has 124 valence electrons. The summed E-state index contributed by atoms with van der Waals surface area (Å²) in [7, 11) is 1.88. The van der Waals surface area contributed by atoms with Crippen LogP contribution in [0.15, 0.2) is 23.1 Å². The van der Waals surface area contributed by atoms with E-state index in [-0.39, 0.29) is 18.3 Å². The van der Waals surface area contributed by atoms with Gasteiger partial charge >= 0.3 is 0 Å². The zero-order chi connectivity index (χ0) is 15.1. The number of likely N-dealkylation sites (N-methyl/N-ethyl adjacent to an activating group) is 1. The molecule has 0 bridgehead atoms. The summed E-state index contributed by atoms with van der Waals surface area (Å²) in [5.41, 5.74) is 0. The lowest BCUT2D eigenvalue weighted by molar-refractivity contribution is -0.120. The van der Waals surface area contributed by atoms with Crippen LogP contribution < -0.4 is 20.1 Å². The highest BCUT2D eigenvalue weighted by atomic mass is 35.5. The maximum atomic E-state index is 11.7. The fourth-order valence-electron chi connectivity index (χ4n) is 1.83. The monoisotopic (exact) mass is 346 g/mol. The molecule has 0 aromatic heterocycles. The van der Waals surface area contributed by atoms with Gasteiger partial charge in [0.05, 0.1) is 0 Å². The minimum absolute atomic E-state index is 0. The van der Waals surface area contributed by atoms with Gasteiger partial charge in [-0.3, -0.25) is 4.79 Å². The van der Waals surface area contributed by atoms with Crippen molar-refractivity contribution in [1.82, 2.24) is 10.6 Å². The Labute approximate surface area is 141 Å². The molecule has 1 amide bonds. The van der Waals surface area contributed by atoms with Crippen molar-refractivity contribution >= 4 is 30.1 Å². The summed E-state index contributed by atoms with van der Waals surface area (Å²) in [6.45, 7) is 3.88. The molecule has 22 heavy (non-hydrogen) atoms. The van der Waals surface area contributed by atoms with Crippen molar-refractivity contribution in [3.63, 3.8) is 0 Å². The van der Waals surface area contributed by atoms with Crippen LogP contribution in [0.3, 0.4) is 0 Å². The van der Waals surface area contributed by atoms with Gasteiger partial charge < -0.3 is 20.1 Å². The van der Waals surface area contributed by atoms with E-state index in [4.69, 9.17) is 9.47 Å². The topological polar surface area (TPSA) is 59.6 Å². The van der Waals surface area contributed by atoms with E-state index in [1.807, 2.05) is 32.2 Å². The number of thioether (sulfide) groups is 1. The van der Waals surface area contributed by atoms with E-state index in [1.165, 1.54) is 0 Å². The Hall–Kier alpha value is -1.11. The molecular weight excluding hydrogens is 324 g/mol. The second-order valence-corrected chi connectivity index (χ2v) is 6.07. The Morgan fingerprint density at radius 2 is 2.05 bits per heavy atom. The zero-order valence-corrected chi connectivity index (χ0v) is 14.5. The lowest BCUT2D eigenvalue weighted by atomic mass is 10.3. The van der Waals surface area contributed by atoms with E-state index in [1.54, 1.807) is 11.8 Å². The third kappa shape index (κ3) is 5.94. The SMILES string of the molecule is CNC(C)CNC(=O)CCSc1ccc2c(c1)OCCO2.Cl. The maximum Gasteiger partial charge on any atom is 0.220 e. The van der Waals surface area contributed by atoms with Crippen LogP contribution in [-0.4, -0.2) is 44.5 Å². The summed E-state index contributed by atoms with van der Waals surface area (Å²) in [5.74, 6) is 2.42. The first-order chi connectivity index (χ1) is 10.2. The van der Waals surface area contributed by atoms with E-state index >= 15 is 0 Å². The number of fused-ring (bicyclic) bond motifs is 1. The van der Waals surface area contributed by atoms with Crippen LogP contribution in [0.1, 0.15) is 13.3 Å². The van der Waals surface area contributed by atoms with Crippen molar-refractivity contribution in [3.8, 4) is 11.5 Å². The van der Waals surface area contributed by atoms with Gasteiger partial charge in [-0.15, -0.1) is 24.2 Å². The zero-order valence-electron chi connectivity index (χ0n) is 12.9. The van der Waals surface area contributed by atoms with E-state index in [9.17, 15) is 4.79 Å². The van der Waals surface area contributed by atoms with Crippen LogP contribution in [0.25, 0.3) is 0 Å². The minimum atomic E-state index is 0. The molecule has 1 heterocycles. The summed E-state index contributed by atoms with van der Waals surface area (Å²) in [6.07, 6.45) is 0.509. The molecule has 0 spiro atoms. The second kappa shape index (κ2) is 9.82. The van der Waals surface area contributed by atoms with Gasteiger partial charge in [0, 0.05) is 29.7 Å². The number of carbonyl (C=O) groups excluding carboxylic acids is 1. The number of carbonyl (C=O) groups is 1. The summed E-state index contributed by atoms with van der Waals surface area (Å²) < 4.78 is 11.0. The number of benzene rings is 1. The smallest absolute Gasteiger partial charge is 0.220 e. The van der Waals surface area contributed by atoms with Gasteiger partial charge in [-0.2, -0.15) is 0 Å². The Morgan fingerprint density at radius 3 is 2.77 bits per heavy atom. The molecule has 5 nitrogen and oxygen atoms in total. The van der Waals surface area contributed by atoms with E-state index in [2.05, 4.69) is 10.6 Å². The summed E-state index contributed by atoms with van der Waals surface area (Å²) in [5, 5.41) is 6.00. The van der Waals surface area contributed by atoms with Crippen LogP contribution in [0.2, 0.25) is 0 Å². The molecule has 1 aromatic carbocycles. The number of ether oxygens (including phenoxy) is 2. The Morgan fingerprint density at radius 1 is 1.32 bits per heavy atom. The molecular formula is C15H23ClN2O3S. The number of rotatable bonds is 7. The quantitative estimate of drug-likeness (QED) is 0.740. The number of hydrogen-bond donors (Lipinski definition) is 2. The van der Waals surface area contributed by atoms with Crippen molar-refractivity contribution in [1.29, 1.82) is 0 Å². The first-order valence-corrected chi connectivity index (χ1v) is 8.14. The standard InChI is InChI=1S/C15H22N2O3S.ClH/c1-11(16-2)10-17-15(18)5-8-21-12-3-4-13-14(9-12)20-7-6-19-13;/h3-4,9,11,16H,5-8,10H2,1-2H3,(H,17,18);1H. The lowest BCUT2D eigenvalue weighted by Crippen LogP contribution is -2.37. The molecule has 2 N–H and O–H groups in total. The van der Waals surface area contributed by atoms with Crippen molar-refractivity contribution in [2.45, 2.75) is 24.3 Å². The lowest BCUT2D eigenvalue weighted by Gasteiger charge is -2.18.